The van der Waals surface area contributed by atoms with Crippen LogP contribution >= 0.6 is 0 Å². The van der Waals surface area contributed by atoms with Gasteiger partial charge >= 0.3 is 5.69 Å². The molecule has 0 radical (unpaired) electrons. The summed E-state index contributed by atoms with van der Waals surface area (Å²) in [6.45, 7) is 6.36. The zero-order valence-electron chi connectivity index (χ0n) is 14.4. The monoisotopic (exact) mass is 338 g/mol. The number of β-amino-alcohol motifs (C(OH)–C–C–N with tert-alkyl or cyclic N) is 1. The fraction of sp³-hybridized carbons (Fsp3) is 0.733. The first-order valence-corrected chi connectivity index (χ1v) is 8.37. The Labute approximate surface area is 142 Å². The van der Waals surface area contributed by atoms with Crippen LogP contribution in [-0.2, 0) is 0 Å². The van der Waals surface area contributed by atoms with Crippen LogP contribution in [0.4, 0.5) is 17.3 Å². The molecular weight excluding hydrogens is 312 g/mol. The van der Waals surface area contributed by atoms with Gasteiger partial charge in [0.25, 0.3) is 0 Å². The molecule has 2 rings (SSSR count). The van der Waals surface area contributed by atoms with Crippen LogP contribution in [0.25, 0.3) is 0 Å². The highest BCUT2D eigenvalue weighted by atomic mass is 16.6. The maximum Gasteiger partial charge on any atom is 0.353 e. The van der Waals surface area contributed by atoms with Crippen molar-refractivity contribution in [2.45, 2.75) is 19.8 Å². The predicted molar refractivity (Wildman–Crippen MR) is 92.6 cm³/mol. The Morgan fingerprint density at radius 2 is 2.04 bits per heavy atom. The minimum Gasteiger partial charge on any atom is -0.395 e. The molecule has 0 aliphatic carbocycles. The van der Waals surface area contributed by atoms with E-state index < -0.39 is 0 Å². The second-order valence-electron chi connectivity index (χ2n) is 5.95. The van der Waals surface area contributed by atoms with Gasteiger partial charge in [0.2, 0.25) is 11.6 Å². The van der Waals surface area contributed by atoms with E-state index in [0.717, 1.165) is 32.5 Å². The minimum atomic E-state index is -0.382. The van der Waals surface area contributed by atoms with Gasteiger partial charge in [0.15, 0.2) is 0 Å². The number of anilines is 2. The number of aliphatic hydroxyl groups is 1. The topological polar surface area (TPSA) is 98.9 Å². The molecule has 1 fully saturated rings. The lowest BCUT2D eigenvalue weighted by Crippen LogP contribution is -2.47. The summed E-state index contributed by atoms with van der Waals surface area (Å²) in [7, 11) is 1.83. The molecule has 1 saturated heterocycles. The maximum atomic E-state index is 11.7. The molecule has 0 aromatic carbocycles. The first-order chi connectivity index (χ1) is 11.6. The fourth-order valence-corrected chi connectivity index (χ4v) is 2.86. The highest BCUT2D eigenvalue weighted by molar-refractivity contribution is 5.71. The zero-order valence-corrected chi connectivity index (χ0v) is 14.4. The molecule has 0 bridgehead atoms. The predicted octanol–water partition coefficient (Wildman–Crippen LogP) is 0.735. The van der Waals surface area contributed by atoms with Gasteiger partial charge < -0.3 is 14.9 Å². The number of piperazine rings is 1. The van der Waals surface area contributed by atoms with Crippen molar-refractivity contribution in [1.29, 1.82) is 0 Å². The summed E-state index contributed by atoms with van der Waals surface area (Å²) in [6, 6.07) is 0. The Morgan fingerprint density at radius 3 is 2.62 bits per heavy atom. The second kappa shape index (κ2) is 8.74. The Kier molecular flexibility index (Phi) is 6.68. The van der Waals surface area contributed by atoms with Crippen LogP contribution in [0.3, 0.4) is 0 Å². The maximum absolute atomic E-state index is 11.7. The normalized spacial score (nSPS) is 15.5. The molecular formula is C15H26N6O3. The standard InChI is InChI=1S/C15H26N6O3/c1-3-4-5-18(2)14-13(21(23)24)15(17-12-16-14)20-8-6-19(7-9-20)10-11-22/h12,22H,3-11H2,1-2H3. The molecule has 9 nitrogen and oxygen atoms in total. The van der Waals surface area contributed by atoms with E-state index in [4.69, 9.17) is 5.11 Å². The van der Waals surface area contributed by atoms with Gasteiger partial charge in [-0.05, 0) is 6.42 Å². The Morgan fingerprint density at radius 1 is 1.33 bits per heavy atom. The van der Waals surface area contributed by atoms with E-state index in [-0.39, 0.29) is 17.2 Å². The molecule has 0 amide bonds. The first kappa shape index (κ1) is 18.3. The van der Waals surface area contributed by atoms with Gasteiger partial charge in [-0.1, -0.05) is 13.3 Å². The van der Waals surface area contributed by atoms with Crippen LogP contribution in [0.5, 0.6) is 0 Å². The number of nitrogens with zero attached hydrogens (tertiary/aromatic N) is 6. The summed E-state index contributed by atoms with van der Waals surface area (Å²) in [5, 5.41) is 20.7. The van der Waals surface area contributed by atoms with Crippen molar-refractivity contribution in [2.24, 2.45) is 0 Å². The summed E-state index contributed by atoms with van der Waals surface area (Å²) in [5.74, 6) is 0.758. The van der Waals surface area contributed by atoms with E-state index in [1.807, 2.05) is 16.8 Å². The number of nitro groups is 1. The lowest BCUT2D eigenvalue weighted by atomic mass is 10.2. The van der Waals surface area contributed by atoms with Gasteiger partial charge in [-0.25, -0.2) is 9.97 Å². The molecule has 1 aliphatic rings. The molecule has 1 aromatic heterocycles. The van der Waals surface area contributed by atoms with Crippen LogP contribution in [0, 0.1) is 10.1 Å². The van der Waals surface area contributed by atoms with Crippen LogP contribution in [0.2, 0.25) is 0 Å². The van der Waals surface area contributed by atoms with Crippen LogP contribution in [0.15, 0.2) is 6.33 Å². The van der Waals surface area contributed by atoms with E-state index in [9.17, 15) is 10.1 Å². The molecule has 0 spiro atoms. The molecule has 24 heavy (non-hydrogen) atoms. The quantitative estimate of drug-likeness (QED) is 0.547. The molecule has 0 atom stereocenters. The van der Waals surface area contributed by atoms with E-state index in [1.165, 1.54) is 6.33 Å². The molecule has 1 aliphatic heterocycles. The first-order valence-electron chi connectivity index (χ1n) is 8.37. The summed E-state index contributed by atoms with van der Waals surface area (Å²) in [5.41, 5.74) is -0.0216. The van der Waals surface area contributed by atoms with Crippen molar-refractivity contribution in [3.63, 3.8) is 0 Å². The van der Waals surface area contributed by atoms with Gasteiger partial charge in [-0.15, -0.1) is 0 Å². The van der Waals surface area contributed by atoms with Crippen molar-refractivity contribution >= 4 is 17.3 Å². The van der Waals surface area contributed by atoms with Gasteiger partial charge in [0.1, 0.15) is 6.33 Å². The summed E-state index contributed by atoms with van der Waals surface area (Å²) >= 11 is 0. The molecule has 2 heterocycles. The van der Waals surface area contributed by atoms with Crippen molar-refractivity contribution in [3.8, 4) is 0 Å². The average Bonchev–Trinajstić information content (AvgIpc) is 2.60. The number of aromatic nitrogens is 2. The third-order valence-electron chi connectivity index (χ3n) is 4.26. The molecule has 0 unspecified atom stereocenters. The smallest absolute Gasteiger partial charge is 0.353 e. The van der Waals surface area contributed by atoms with E-state index in [2.05, 4.69) is 21.8 Å². The Hall–Kier alpha value is -2.00. The third-order valence-corrected chi connectivity index (χ3v) is 4.26. The third kappa shape index (κ3) is 4.30. The van der Waals surface area contributed by atoms with Crippen molar-refractivity contribution in [2.75, 3.05) is 62.7 Å². The number of hydrogen-bond acceptors (Lipinski definition) is 8. The Balaban J connectivity index is 2.22. The highest BCUT2D eigenvalue weighted by Gasteiger charge is 2.30. The van der Waals surface area contributed by atoms with Gasteiger partial charge in [0, 0.05) is 46.3 Å². The Bertz CT molecular complexity index is 548. The minimum absolute atomic E-state index is 0.0216. The second-order valence-corrected chi connectivity index (χ2v) is 5.95. The van der Waals surface area contributed by atoms with Gasteiger partial charge in [0.05, 0.1) is 11.5 Å². The number of unbranched alkanes of at least 4 members (excludes halogenated alkanes) is 1. The highest BCUT2D eigenvalue weighted by Crippen LogP contribution is 2.34. The molecule has 9 heteroatoms. The summed E-state index contributed by atoms with van der Waals surface area (Å²) in [4.78, 5) is 25.5. The summed E-state index contributed by atoms with van der Waals surface area (Å²) in [6.07, 6.45) is 3.37. The van der Waals surface area contributed by atoms with E-state index in [1.54, 1.807) is 0 Å². The van der Waals surface area contributed by atoms with Crippen molar-refractivity contribution in [1.82, 2.24) is 14.9 Å². The molecule has 0 saturated carbocycles. The summed E-state index contributed by atoms with van der Waals surface area (Å²) < 4.78 is 0. The number of rotatable bonds is 8. The van der Waals surface area contributed by atoms with Crippen molar-refractivity contribution < 1.29 is 10.0 Å². The van der Waals surface area contributed by atoms with Crippen LogP contribution < -0.4 is 9.80 Å². The van der Waals surface area contributed by atoms with E-state index in [0.29, 0.717) is 31.3 Å². The zero-order chi connectivity index (χ0) is 17.5. The fourth-order valence-electron chi connectivity index (χ4n) is 2.86. The van der Waals surface area contributed by atoms with Gasteiger partial charge in [-0.3, -0.25) is 15.0 Å². The van der Waals surface area contributed by atoms with Crippen LogP contribution in [-0.4, -0.2) is 77.8 Å². The largest absolute Gasteiger partial charge is 0.395 e. The average molecular weight is 338 g/mol. The number of hydrogen-bond donors (Lipinski definition) is 1. The molecule has 134 valence electrons. The van der Waals surface area contributed by atoms with E-state index >= 15 is 0 Å². The molecule has 1 aromatic rings. The lowest BCUT2D eigenvalue weighted by Gasteiger charge is -2.34. The van der Waals surface area contributed by atoms with Gasteiger partial charge in [-0.2, -0.15) is 0 Å². The van der Waals surface area contributed by atoms with Crippen molar-refractivity contribution in [3.05, 3.63) is 16.4 Å². The lowest BCUT2D eigenvalue weighted by molar-refractivity contribution is -0.383. The molecule has 1 N–H and O–H groups in total. The SMILES string of the molecule is CCCCN(C)c1ncnc(N2CCN(CCO)CC2)c1[N+](=O)[O-]. The number of aliphatic hydroxyl groups excluding tert-OH is 1. The van der Waals surface area contributed by atoms with Crippen LogP contribution in [0.1, 0.15) is 19.8 Å².